The van der Waals surface area contributed by atoms with Crippen molar-refractivity contribution in [3.05, 3.63) is 24.3 Å². The van der Waals surface area contributed by atoms with Crippen LogP contribution >= 0.6 is 0 Å². The molecule has 1 N–H and O–H groups in total. The molecule has 17 heavy (non-hydrogen) atoms. The van der Waals surface area contributed by atoms with Crippen molar-refractivity contribution < 1.29 is 17.9 Å². The Labute approximate surface area is 97.8 Å². The molecule has 0 heterocycles. The lowest BCUT2D eigenvalue weighted by atomic mass is 9.82. The Morgan fingerprint density at radius 3 is 2.47 bits per heavy atom. The Kier molecular flexibility index (Phi) is 3.17. The Bertz CT molecular complexity index is 386. The minimum atomic E-state index is -4.65. The third kappa shape index (κ3) is 3.28. The molecule has 0 spiro atoms. The SMILES string of the molecule is CC1CC(Nc2ccccc2OC(F)(F)F)C1. The Morgan fingerprint density at radius 2 is 1.88 bits per heavy atom. The number of hydrogen-bond donors (Lipinski definition) is 1. The van der Waals surface area contributed by atoms with Crippen LogP contribution in [-0.4, -0.2) is 12.4 Å². The zero-order valence-corrected chi connectivity index (χ0v) is 9.42. The van der Waals surface area contributed by atoms with E-state index in [9.17, 15) is 13.2 Å². The number of nitrogens with one attached hydrogen (secondary N) is 1. The average molecular weight is 245 g/mol. The van der Waals surface area contributed by atoms with Gasteiger partial charge in [-0.05, 0) is 30.9 Å². The fourth-order valence-corrected chi connectivity index (χ4v) is 2.04. The summed E-state index contributed by atoms with van der Waals surface area (Å²) < 4.78 is 40.5. The van der Waals surface area contributed by atoms with Crippen LogP contribution in [0.3, 0.4) is 0 Å². The number of para-hydroxylation sites is 2. The van der Waals surface area contributed by atoms with Gasteiger partial charge in [0.2, 0.25) is 0 Å². The molecule has 5 heteroatoms. The molecule has 0 bridgehead atoms. The molecule has 0 unspecified atom stereocenters. The van der Waals surface area contributed by atoms with Gasteiger partial charge in [0.15, 0.2) is 5.75 Å². The molecule has 1 aromatic rings. The van der Waals surface area contributed by atoms with Gasteiger partial charge in [0, 0.05) is 6.04 Å². The Morgan fingerprint density at radius 1 is 1.24 bits per heavy atom. The average Bonchev–Trinajstić information content (AvgIpc) is 2.16. The maximum atomic E-state index is 12.2. The molecule has 94 valence electrons. The Hall–Kier alpha value is -1.39. The van der Waals surface area contributed by atoms with Gasteiger partial charge in [-0.2, -0.15) is 0 Å². The van der Waals surface area contributed by atoms with Crippen LogP contribution in [0.4, 0.5) is 18.9 Å². The molecule has 0 saturated heterocycles. The third-order valence-corrected chi connectivity index (χ3v) is 2.85. The van der Waals surface area contributed by atoms with Crippen LogP contribution in [0.25, 0.3) is 0 Å². The van der Waals surface area contributed by atoms with Crippen molar-refractivity contribution in [2.24, 2.45) is 5.92 Å². The van der Waals surface area contributed by atoms with Gasteiger partial charge in [-0.1, -0.05) is 19.1 Å². The van der Waals surface area contributed by atoms with Gasteiger partial charge >= 0.3 is 6.36 Å². The highest BCUT2D eigenvalue weighted by molar-refractivity contribution is 5.57. The molecule has 0 amide bonds. The maximum Gasteiger partial charge on any atom is 0.573 e. The smallest absolute Gasteiger partial charge is 0.404 e. The second-order valence-electron chi connectivity index (χ2n) is 4.46. The second-order valence-corrected chi connectivity index (χ2v) is 4.46. The first-order chi connectivity index (χ1) is 7.94. The van der Waals surface area contributed by atoms with Gasteiger partial charge in [0.05, 0.1) is 5.69 Å². The normalized spacial score (nSPS) is 24.0. The minimum Gasteiger partial charge on any atom is -0.404 e. The number of benzene rings is 1. The van der Waals surface area contributed by atoms with Crippen LogP contribution in [-0.2, 0) is 0 Å². The summed E-state index contributed by atoms with van der Waals surface area (Å²) in [6.45, 7) is 2.12. The molecule has 0 atom stereocenters. The summed E-state index contributed by atoms with van der Waals surface area (Å²) in [6.07, 6.45) is -2.68. The van der Waals surface area contributed by atoms with Gasteiger partial charge < -0.3 is 10.1 Å². The largest absolute Gasteiger partial charge is 0.573 e. The summed E-state index contributed by atoms with van der Waals surface area (Å²) >= 11 is 0. The highest BCUT2D eigenvalue weighted by Crippen LogP contribution is 2.34. The first kappa shape index (κ1) is 12.1. The summed E-state index contributed by atoms with van der Waals surface area (Å²) in [7, 11) is 0. The molecular weight excluding hydrogens is 231 g/mol. The van der Waals surface area contributed by atoms with E-state index in [4.69, 9.17) is 0 Å². The quantitative estimate of drug-likeness (QED) is 0.874. The van der Waals surface area contributed by atoms with Gasteiger partial charge in [-0.3, -0.25) is 0 Å². The van der Waals surface area contributed by atoms with E-state index in [0.29, 0.717) is 11.6 Å². The molecular formula is C12H14F3NO. The molecule has 1 aromatic carbocycles. The highest BCUT2D eigenvalue weighted by atomic mass is 19.4. The molecule has 1 saturated carbocycles. The lowest BCUT2D eigenvalue weighted by Crippen LogP contribution is -2.34. The monoisotopic (exact) mass is 245 g/mol. The Balaban J connectivity index is 2.05. The molecule has 2 rings (SSSR count). The van der Waals surface area contributed by atoms with E-state index in [1.54, 1.807) is 12.1 Å². The van der Waals surface area contributed by atoms with Crippen molar-refractivity contribution in [3.8, 4) is 5.75 Å². The lowest BCUT2D eigenvalue weighted by molar-refractivity contribution is -0.274. The van der Waals surface area contributed by atoms with E-state index in [-0.39, 0.29) is 11.8 Å². The fourth-order valence-electron chi connectivity index (χ4n) is 2.04. The number of anilines is 1. The number of rotatable bonds is 3. The first-order valence-electron chi connectivity index (χ1n) is 5.55. The zero-order chi connectivity index (χ0) is 12.5. The lowest BCUT2D eigenvalue weighted by Gasteiger charge is -2.34. The van der Waals surface area contributed by atoms with Crippen molar-refractivity contribution in [2.45, 2.75) is 32.2 Å². The van der Waals surface area contributed by atoms with Crippen molar-refractivity contribution >= 4 is 5.69 Å². The van der Waals surface area contributed by atoms with Crippen molar-refractivity contribution in [1.82, 2.24) is 0 Å². The van der Waals surface area contributed by atoms with E-state index >= 15 is 0 Å². The van der Waals surface area contributed by atoms with Gasteiger partial charge in [-0.25, -0.2) is 0 Å². The van der Waals surface area contributed by atoms with Crippen LogP contribution in [0, 0.1) is 5.92 Å². The molecule has 0 aliphatic heterocycles. The highest BCUT2D eigenvalue weighted by Gasteiger charge is 2.33. The number of ether oxygens (including phenoxy) is 1. The summed E-state index contributed by atoms with van der Waals surface area (Å²) in [6, 6.07) is 6.38. The van der Waals surface area contributed by atoms with Gasteiger partial charge in [-0.15, -0.1) is 13.2 Å². The van der Waals surface area contributed by atoms with E-state index in [1.807, 2.05) is 0 Å². The maximum absolute atomic E-state index is 12.2. The summed E-state index contributed by atoms with van der Waals surface area (Å²) in [4.78, 5) is 0. The number of hydrogen-bond acceptors (Lipinski definition) is 2. The second kappa shape index (κ2) is 4.47. The molecule has 1 aliphatic rings. The van der Waals surface area contributed by atoms with Gasteiger partial charge in [0.1, 0.15) is 0 Å². The fraction of sp³-hybridized carbons (Fsp3) is 0.500. The first-order valence-corrected chi connectivity index (χ1v) is 5.55. The molecule has 1 aliphatic carbocycles. The van der Waals surface area contributed by atoms with E-state index in [1.165, 1.54) is 12.1 Å². The summed E-state index contributed by atoms with van der Waals surface area (Å²) in [5, 5.41) is 3.07. The van der Waals surface area contributed by atoms with Crippen molar-refractivity contribution in [3.63, 3.8) is 0 Å². The number of alkyl halides is 3. The van der Waals surface area contributed by atoms with Crippen LogP contribution in [0.5, 0.6) is 5.75 Å². The number of halogens is 3. The summed E-state index contributed by atoms with van der Waals surface area (Å²) in [5.74, 6) is 0.475. The predicted molar refractivity (Wildman–Crippen MR) is 58.9 cm³/mol. The standard InChI is InChI=1S/C12H14F3NO/c1-8-6-9(7-8)16-10-4-2-3-5-11(10)17-12(13,14)15/h2-5,8-9,16H,6-7H2,1H3. The summed E-state index contributed by atoms with van der Waals surface area (Å²) in [5.41, 5.74) is 0.404. The third-order valence-electron chi connectivity index (χ3n) is 2.85. The van der Waals surface area contributed by atoms with Gasteiger partial charge in [0.25, 0.3) is 0 Å². The topological polar surface area (TPSA) is 21.3 Å². The van der Waals surface area contributed by atoms with Crippen LogP contribution in [0.1, 0.15) is 19.8 Å². The molecule has 2 nitrogen and oxygen atoms in total. The molecule has 0 aromatic heterocycles. The van der Waals surface area contributed by atoms with Crippen LogP contribution in [0.15, 0.2) is 24.3 Å². The minimum absolute atomic E-state index is 0.167. The van der Waals surface area contributed by atoms with Crippen LogP contribution < -0.4 is 10.1 Å². The van der Waals surface area contributed by atoms with E-state index in [2.05, 4.69) is 17.0 Å². The van der Waals surface area contributed by atoms with E-state index < -0.39 is 6.36 Å². The molecule has 1 fully saturated rings. The van der Waals surface area contributed by atoms with E-state index in [0.717, 1.165) is 12.8 Å². The van der Waals surface area contributed by atoms with Crippen molar-refractivity contribution in [2.75, 3.05) is 5.32 Å². The molecule has 0 radical (unpaired) electrons. The zero-order valence-electron chi connectivity index (χ0n) is 9.42. The van der Waals surface area contributed by atoms with Crippen LogP contribution in [0.2, 0.25) is 0 Å². The van der Waals surface area contributed by atoms with Crippen molar-refractivity contribution in [1.29, 1.82) is 0 Å². The predicted octanol–water partition coefficient (Wildman–Crippen LogP) is 3.80.